The van der Waals surface area contributed by atoms with Crippen LogP contribution in [0.5, 0.6) is 0 Å². The van der Waals surface area contributed by atoms with E-state index in [0.29, 0.717) is 12.3 Å². The lowest BCUT2D eigenvalue weighted by Gasteiger charge is -2.06. The van der Waals surface area contributed by atoms with Gasteiger partial charge in [-0.2, -0.15) is 11.8 Å². The monoisotopic (exact) mass is 239 g/mol. The molecule has 0 saturated heterocycles. The summed E-state index contributed by atoms with van der Waals surface area (Å²) < 4.78 is 5.09. The Kier molecular flexibility index (Phi) is 5.78. The van der Waals surface area contributed by atoms with Gasteiger partial charge in [-0.1, -0.05) is 25.1 Å². The second-order valence-electron chi connectivity index (χ2n) is 3.29. The molecule has 88 valence electrons. The van der Waals surface area contributed by atoms with E-state index in [1.54, 1.807) is 17.8 Å². The third kappa shape index (κ3) is 4.57. The van der Waals surface area contributed by atoms with E-state index in [4.69, 9.17) is 10.5 Å². The van der Waals surface area contributed by atoms with E-state index in [9.17, 15) is 4.79 Å². The van der Waals surface area contributed by atoms with E-state index in [0.717, 1.165) is 17.1 Å². The van der Waals surface area contributed by atoms with E-state index in [1.165, 1.54) is 0 Å². The molecule has 0 spiro atoms. The molecule has 0 aliphatic carbocycles. The molecule has 0 aliphatic rings. The van der Waals surface area contributed by atoms with Crippen LogP contribution < -0.4 is 5.73 Å². The van der Waals surface area contributed by atoms with Gasteiger partial charge >= 0.3 is 5.97 Å². The van der Waals surface area contributed by atoms with Gasteiger partial charge in [0.2, 0.25) is 0 Å². The fourth-order valence-corrected chi connectivity index (χ4v) is 1.75. The van der Waals surface area contributed by atoms with Crippen molar-refractivity contribution in [1.29, 1.82) is 0 Å². The number of rotatable bonds is 6. The summed E-state index contributed by atoms with van der Waals surface area (Å²) in [6, 6.07) is 7.35. The minimum absolute atomic E-state index is 0.213. The highest BCUT2D eigenvalue weighted by Crippen LogP contribution is 2.11. The van der Waals surface area contributed by atoms with Crippen molar-refractivity contribution in [1.82, 2.24) is 0 Å². The Labute approximate surface area is 100 Å². The number of carbonyl (C=O) groups excluding carboxylic acids is 1. The Morgan fingerprint density at radius 3 is 2.88 bits per heavy atom. The Balaban J connectivity index is 2.32. The number of nitrogen functional groups attached to an aromatic ring is 1. The van der Waals surface area contributed by atoms with Crippen molar-refractivity contribution in [3.63, 3.8) is 0 Å². The van der Waals surface area contributed by atoms with Crippen molar-refractivity contribution in [2.45, 2.75) is 13.3 Å². The first-order valence-corrected chi connectivity index (χ1v) is 6.46. The predicted octanol–water partition coefficient (Wildman–Crippen LogP) is 2.11. The third-order valence-electron chi connectivity index (χ3n) is 2.08. The van der Waals surface area contributed by atoms with Gasteiger partial charge in [0.1, 0.15) is 6.61 Å². The van der Waals surface area contributed by atoms with E-state index >= 15 is 0 Å². The molecule has 0 unspecified atom stereocenters. The average Bonchev–Trinajstić information content (AvgIpc) is 2.28. The molecule has 0 aliphatic heterocycles. The van der Waals surface area contributed by atoms with Gasteiger partial charge < -0.3 is 10.5 Å². The van der Waals surface area contributed by atoms with Gasteiger partial charge in [-0.25, -0.2) is 0 Å². The first-order chi connectivity index (χ1) is 7.74. The lowest BCUT2D eigenvalue weighted by Crippen LogP contribution is -2.11. The highest BCUT2D eigenvalue weighted by atomic mass is 32.2. The molecule has 0 aromatic heterocycles. The topological polar surface area (TPSA) is 52.3 Å². The highest BCUT2D eigenvalue weighted by molar-refractivity contribution is 7.99. The number of ether oxygens (including phenoxy) is 1. The maximum absolute atomic E-state index is 11.4. The molecular formula is C12H17NO2S. The Morgan fingerprint density at radius 2 is 2.19 bits per heavy atom. The smallest absolute Gasteiger partial charge is 0.310 e. The van der Waals surface area contributed by atoms with Gasteiger partial charge in [0.05, 0.1) is 6.42 Å². The van der Waals surface area contributed by atoms with Crippen LogP contribution in [-0.4, -0.2) is 24.1 Å². The van der Waals surface area contributed by atoms with E-state index in [1.807, 2.05) is 18.2 Å². The highest BCUT2D eigenvalue weighted by Gasteiger charge is 2.06. The standard InChI is InChI=1S/C12H17NO2S/c1-2-16-8-7-15-12(14)9-10-5-3-4-6-11(10)13/h3-6H,2,7-9,13H2,1H3. The Hall–Kier alpha value is -1.16. The summed E-state index contributed by atoms with van der Waals surface area (Å²) in [5, 5.41) is 0. The van der Waals surface area contributed by atoms with Crippen molar-refractivity contribution in [3.8, 4) is 0 Å². The number of hydrogen-bond donors (Lipinski definition) is 1. The van der Waals surface area contributed by atoms with Gasteiger partial charge in [0.15, 0.2) is 0 Å². The van der Waals surface area contributed by atoms with Crippen LogP contribution in [0.25, 0.3) is 0 Å². The van der Waals surface area contributed by atoms with Crippen molar-refractivity contribution in [2.75, 3.05) is 23.8 Å². The number of esters is 1. The van der Waals surface area contributed by atoms with E-state index in [-0.39, 0.29) is 12.4 Å². The third-order valence-corrected chi connectivity index (χ3v) is 2.95. The van der Waals surface area contributed by atoms with E-state index in [2.05, 4.69) is 6.92 Å². The largest absolute Gasteiger partial charge is 0.465 e. The summed E-state index contributed by atoms with van der Waals surface area (Å²) in [7, 11) is 0. The summed E-state index contributed by atoms with van der Waals surface area (Å²) in [6.07, 6.45) is 0.253. The van der Waals surface area contributed by atoms with Crippen LogP contribution in [0.15, 0.2) is 24.3 Å². The molecule has 0 fully saturated rings. The summed E-state index contributed by atoms with van der Waals surface area (Å²) in [6.45, 7) is 2.56. The Bertz CT molecular complexity index is 342. The molecule has 1 aromatic rings. The molecule has 1 rings (SSSR count). The molecule has 0 amide bonds. The Morgan fingerprint density at radius 1 is 1.44 bits per heavy atom. The molecule has 0 bridgehead atoms. The first kappa shape index (κ1) is 12.9. The maximum atomic E-state index is 11.4. The van der Waals surface area contributed by atoms with Gasteiger partial charge in [-0.15, -0.1) is 0 Å². The molecule has 0 atom stereocenters. The number of anilines is 1. The van der Waals surface area contributed by atoms with Crippen LogP contribution in [-0.2, 0) is 16.0 Å². The summed E-state index contributed by atoms with van der Waals surface area (Å²) in [5.74, 6) is 1.69. The minimum Gasteiger partial charge on any atom is -0.465 e. The van der Waals surface area contributed by atoms with Crippen molar-refractivity contribution < 1.29 is 9.53 Å². The number of nitrogens with two attached hydrogens (primary N) is 1. The van der Waals surface area contributed by atoms with Gasteiger partial charge in [0.25, 0.3) is 0 Å². The van der Waals surface area contributed by atoms with Crippen LogP contribution in [0.3, 0.4) is 0 Å². The average molecular weight is 239 g/mol. The lowest BCUT2D eigenvalue weighted by molar-refractivity contribution is -0.142. The van der Waals surface area contributed by atoms with E-state index < -0.39 is 0 Å². The fourth-order valence-electron chi connectivity index (χ4n) is 1.26. The number of para-hydroxylation sites is 1. The molecule has 1 aromatic carbocycles. The second-order valence-corrected chi connectivity index (χ2v) is 4.69. The fraction of sp³-hybridized carbons (Fsp3) is 0.417. The molecule has 2 N–H and O–H groups in total. The first-order valence-electron chi connectivity index (χ1n) is 5.30. The van der Waals surface area contributed by atoms with Crippen molar-refractivity contribution in [2.24, 2.45) is 0 Å². The number of hydrogen-bond acceptors (Lipinski definition) is 4. The summed E-state index contributed by atoms with van der Waals surface area (Å²) in [4.78, 5) is 11.4. The zero-order valence-electron chi connectivity index (χ0n) is 9.44. The molecule has 3 nitrogen and oxygen atoms in total. The zero-order chi connectivity index (χ0) is 11.8. The molecule has 4 heteroatoms. The normalized spacial score (nSPS) is 10.1. The van der Waals surface area contributed by atoms with Crippen LogP contribution in [0, 0.1) is 0 Å². The van der Waals surface area contributed by atoms with Gasteiger partial charge in [0, 0.05) is 11.4 Å². The lowest BCUT2D eigenvalue weighted by atomic mass is 10.1. The molecule has 0 radical (unpaired) electrons. The molecular weight excluding hydrogens is 222 g/mol. The van der Waals surface area contributed by atoms with Crippen LogP contribution in [0.4, 0.5) is 5.69 Å². The number of benzene rings is 1. The van der Waals surface area contributed by atoms with Crippen molar-refractivity contribution >= 4 is 23.4 Å². The van der Waals surface area contributed by atoms with Gasteiger partial charge in [-0.3, -0.25) is 4.79 Å². The maximum Gasteiger partial charge on any atom is 0.310 e. The predicted molar refractivity (Wildman–Crippen MR) is 68.5 cm³/mol. The van der Waals surface area contributed by atoms with Crippen LogP contribution in [0.1, 0.15) is 12.5 Å². The second kappa shape index (κ2) is 7.17. The molecule has 0 heterocycles. The van der Waals surface area contributed by atoms with Crippen LogP contribution >= 0.6 is 11.8 Å². The number of carbonyl (C=O) groups is 1. The number of thioether (sulfide) groups is 1. The minimum atomic E-state index is -0.213. The molecule has 16 heavy (non-hydrogen) atoms. The van der Waals surface area contributed by atoms with Crippen molar-refractivity contribution in [3.05, 3.63) is 29.8 Å². The SMILES string of the molecule is CCSCCOC(=O)Cc1ccccc1N. The zero-order valence-corrected chi connectivity index (χ0v) is 10.3. The van der Waals surface area contributed by atoms with Gasteiger partial charge in [-0.05, 0) is 17.4 Å². The molecule has 0 saturated carbocycles. The van der Waals surface area contributed by atoms with Crippen LogP contribution in [0.2, 0.25) is 0 Å². The summed E-state index contributed by atoms with van der Waals surface area (Å²) >= 11 is 1.76. The summed E-state index contributed by atoms with van der Waals surface area (Å²) in [5.41, 5.74) is 7.20. The quantitative estimate of drug-likeness (QED) is 0.469.